The first-order chi connectivity index (χ1) is 10.1. The van der Waals surface area contributed by atoms with E-state index in [1.54, 1.807) is 12.1 Å². The molecule has 1 atom stereocenters. The second kappa shape index (κ2) is 7.24. The Morgan fingerprint density at radius 2 is 2.29 bits per heavy atom. The van der Waals surface area contributed by atoms with Gasteiger partial charge in [0.1, 0.15) is 5.82 Å². The van der Waals surface area contributed by atoms with Gasteiger partial charge >= 0.3 is 0 Å². The normalized spacial score (nSPS) is 15.0. The van der Waals surface area contributed by atoms with Crippen LogP contribution in [0.3, 0.4) is 0 Å². The molecular formula is C17H20FNO2. The number of carbonyl (C=O) groups is 1. The molecule has 3 nitrogen and oxygen atoms in total. The lowest BCUT2D eigenvalue weighted by Gasteiger charge is -2.11. The first kappa shape index (κ1) is 15.5. The first-order valence-electron chi connectivity index (χ1n) is 7.27. The molecule has 1 unspecified atom stereocenters. The number of carbonyl (C=O) groups excluding carboxylic acids is 1. The van der Waals surface area contributed by atoms with Gasteiger partial charge in [-0.2, -0.15) is 0 Å². The Kier molecular flexibility index (Phi) is 5.35. The molecule has 21 heavy (non-hydrogen) atoms. The highest BCUT2D eigenvalue weighted by molar-refractivity contribution is 5.78. The van der Waals surface area contributed by atoms with Gasteiger partial charge in [-0.3, -0.25) is 4.79 Å². The van der Waals surface area contributed by atoms with Crippen molar-refractivity contribution in [3.8, 4) is 11.8 Å². The summed E-state index contributed by atoms with van der Waals surface area (Å²) in [6, 6.07) is 4.59. The van der Waals surface area contributed by atoms with Gasteiger partial charge in [-0.05, 0) is 37.0 Å². The lowest BCUT2D eigenvalue weighted by molar-refractivity contribution is -0.125. The number of halogens is 1. The molecular weight excluding hydrogens is 269 g/mol. The summed E-state index contributed by atoms with van der Waals surface area (Å²) in [7, 11) is 0. The zero-order valence-electron chi connectivity index (χ0n) is 12.2. The smallest absolute Gasteiger partial charge is 0.223 e. The van der Waals surface area contributed by atoms with Gasteiger partial charge in [0.2, 0.25) is 5.91 Å². The molecule has 1 fully saturated rings. The van der Waals surface area contributed by atoms with Crippen molar-refractivity contribution in [2.75, 3.05) is 6.61 Å². The quantitative estimate of drug-likeness (QED) is 0.817. The number of hydrogen-bond acceptors (Lipinski definition) is 2. The summed E-state index contributed by atoms with van der Waals surface area (Å²) in [5.74, 6) is 5.78. The molecule has 0 heterocycles. The second-order valence-corrected chi connectivity index (χ2v) is 5.43. The van der Waals surface area contributed by atoms with Gasteiger partial charge in [0.05, 0.1) is 6.61 Å². The van der Waals surface area contributed by atoms with Gasteiger partial charge in [0.25, 0.3) is 0 Å². The number of benzene rings is 1. The number of hydrogen-bond donors (Lipinski definition) is 2. The maximum absolute atomic E-state index is 13.7. The highest BCUT2D eigenvalue weighted by atomic mass is 19.1. The molecule has 2 N–H and O–H groups in total. The highest BCUT2D eigenvalue weighted by Crippen LogP contribution is 2.36. The van der Waals surface area contributed by atoms with Crippen molar-refractivity contribution < 1.29 is 14.3 Å². The molecule has 112 valence electrons. The van der Waals surface area contributed by atoms with E-state index in [1.165, 1.54) is 6.07 Å². The molecule has 0 spiro atoms. The van der Waals surface area contributed by atoms with Gasteiger partial charge in [-0.1, -0.05) is 18.8 Å². The van der Waals surface area contributed by atoms with Crippen LogP contribution in [0.4, 0.5) is 4.39 Å². The third-order valence-corrected chi connectivity index (χ3v) is 3.71. The number of rotatable bonds is 5. The van der Waals surface area contributed by atoms with E-state index < -0.39 is 0 Å². The van der Waals surface area contributed by atoms with Crippen molar-refractivity contribution in [3.05, 3.63) is 35.1 Å². The van der Waals surface area contributed by atoms with E-state index in [1.807, 2.05) is 6.92 Å². The zero-order valence-corrected chi connectivity index (χ0v) is 12.2. The van der Waals surface area contributed by atoms with Crippen LogP contribution >= 0.6 is 0 Å². The predicted octanol–water partition coefficient (Wildman–Crippen LogP) is 2.22. The molecule has 0 saturated heterocycles. The fraction of sp³-hybridized carbons (Fsp3) is 0.471. The van der Waals surface area contributed by atoms with Crippen molar-refractivity contribution >= 4 is 5.91 Å². The van der Waals surface area contributed by atoms with Gasteiger partial charge in [0, 0.05) is 30.0 Å². The van der Waals surface area contributed by atoms with Crippen molar-refractivity contribution in [1.82, 2.24) is 5.32 Å². The van der Waals surface area contributed by atoms with Gasteiger partial charge in [-0.25, -0.2) is 4.39 Å². The van der Waals surface area contributed by atoms with Crippen LogP contribution in [0.2, 0.25) is 0 Å². The van der Waals surface area contributed by atoms with Crippen molar-refractivity contribution in [2.24, 2.45) is 11.8 Å². The summed E-state index contributed by atoms with van der Waals surface area (Å²) in [5.41, 5.74) is 1.12. The summed E-state index contributed by atoms with van der Waals surface area (Å²) in [4.78, 5) is 11.9. The van der Waals surface area contributed by atoms with Gasteiger partial charge in [0.15, 0.2) is 0 Å². The Labute approximate surface area is 124 Å². The standard InChI is InChI=1S/C17H20FNO2/c1-12(14-6-7-14)17(21)19-11-15-10-13(4-2-3-9-20)5-8-16(15)18/h5,8,10,12,14,20H,3,6-7,9,11H2,1H3,(H,19,21). The Bertz CT molecular complexity index is 570. The number of amides is 1. The Morgan fingerprint density at radius 3 is 2.95 bits per heavy atom. The summed E-state index contributed by atoms with van der Waals surface area (Å²) in [6.45, 7) is 2.10. The average Bonchev–Trinajstić information content (AvgIpc) is 3.31. The molecule has 1 aliphatic carbocycles. The van der Waals surface area contributed by atoms with Crippen LogP contribution in [0.25, 0.3) is 0 Å². The highest BCUT2D eigenvalue weighted by Gasteiger charge is 2.32. The van der Waals surface area contributed by atoms with Crippen LogP contribution in [-0.2, 0) is 11.3 Å². The molecule has 1 aromatic rings. The number of aliphatic hydroxyl groups excluding tert-OH is 1. The fourth-order valence-corrected chi connectivity index (χ4v) is 2.16. The van der Waals surface area contributed by atoms with Gasteiger partial charge in [-0.15, -0.1) is 0 Å². The van der Waals surface area contributed by atoms with E-state index in [4.69, 9.17) is 5.11 Å². The Balaban J connectivity index is 1.97. The molecule has 4 heteroatoms. The molecule has 0 radical (unpaired) electrons. The van der Waals surface area contributed by atoms with Crippen molar-refractivity contribution in [3.63, 3.8) is 0 Å². The van der Waals surface area contributed by atoms with Crippen LogP contribution < -0.4 is 5.32 Å². The lowest BCUT2D eigenvalue weighted by Crippen LogP contribution is -2.30. The van der Waals surface area contributed by atoms with E-state index in [0.717, 1.165) is 12.8 Å². The van der Waals surface area contributed by atoms with Crippen molar-refractivity contribution in [1.29, 1.82) is 0 Å². The monoisotopic (exact) mass is 289 g/mol. The summed E-state index contributed by atoms with van der Waals surface area (Å²) in [6.07, 6.45) is 2.61. The molecule has 2 rings (SSSR count). The van der Waals surface area contributed by atoms with E-state index in [9.17, 15) is 9.18 Å². The SMILES string of the molecule is CC(C(=O)NCc1cc(C#CCCO)ccc1F)C1CC1. The molecule has 1 aromatic carbocycles. The van der Waals surface area contributed by atoms with Crippen LogP contribution in [0.1, 0.15) is 37.3 Å². The molecule has 0 bridgehead atoms. The van der Waals surface area contributed by atoms with Crippen molar-refractivity contribution in [2.45, 2.75) is 32.7 Å². The van der Waals surface area contributed by atoms with Gasteiger partial charge < -0.3 is 10.4 Å². The first-order valence-corrected chi connectivity index (χ1v) is 7.27. The fourth-order valence-electron chi connectivity index (χ4n) is 2.16. The summed E-state index contributed by atoms with van der Waals surface area (Å²) >= 11 is 0. The zero-order chi connectivity index (χ0) is 15.2. The van der Waals surface area contributed by atoms with Crippen LogP contribution in [0, 0.1) is 29.5 Å². The lowest BCUT2D eigenvalue weighted by atomic mass is 10.1. The minimum Gasteiger partial charge on any atom is -0.395 e. The number of nitrogens with one attached hydrogen (secondary N) is 1. The van der Waals surface area contributed by atoms with E-state index in [2.05, 4.69) is 17.2 Å². The predicted molar refractivity (Wildman–Crippen MR) is 78.7 cm³/mol. The van der Waals surface area contributed by atoms with E-state index >= 15 is 0 Å². The minimum atomic E-state index is -0.345. The second-order valence-electron chi connectivity index (χ2n) is 5.43. The molecule has 1 aliphatic rings. The van der Waals surface area contributed by atoms with E-state index in [-0.39, 0.29) is 30.8 Å². The molecule has 0 aliphatic heterocycles. The summed E-state index contributed by atoms with van der Waals surface area (Å²) < 4.78 is 13.7. The van der Waals surface area contributed by atoms with Crippen LogP contribution in [0.15, 0.2) is 18.2 Å². The Hall–Kier alpha value is -1.86. The van der Waals surface area contributed by atoms with E-state index in [0.29, 0.717) is 23.5 Å². The Morgan fingerprint density at radius 1 is 1.52 bits per heavy atom. The molecule has 1 amide bonds. The average molecular weight is 289 g/mol. The van der Waals surface area contributed by atoms with Crippen LogP contribution in [-0.4, -0.2) is 17.6 Å². The van der Waals surface area contributed by atoms with Crippen LogP contribution in [0.5, 0.6) is 0 Å². The number of aliphatic hydroxyl groups is 1. The largest absolute Gasteiger partial charge is 0.395 e. The summed E-state index contributed by atoms with van der Waals surface area (Å²) in [5, 5.41) is 11.5. The molecule has 1 saturated carbocycles. The molecule has 0 aromatic heterocycles. The maximum atomic E-state index is 13.7. The third-order valence-electron chi connectivity index (χ3n) is 3.71. The topological polar surface area (TPSA) is 49.3 Å². The minimum absolute atomic E-state index is 0.000546. The maximum Gasteiger partial charge on any atom is 0.223 e. The third kappa shape index (κ3) is 4.57.